The first-order chi connectivity index (χ1) is 6.38. The van der Waals surface area contributed by atoms with E-state index in [1.807, 2.05) is 0 Å². The highest BCUT2D eigenvalue weighted by Crippen LogP contribution is 2.35. The van der Waals surface area contributed by atoms with Gasteiger partial charge < -0.3 is 0 Å². The SMILES string of the molecule is CCCCCC1CCCCC1CC. The third-order valence-electron chi connectivity index (χ3n) is 3.77. The van der Waals surface area contributed by atoms with E-state index in [2.05, 4.69) is 13.8 Å². The van der Waals surface area contributed by atoms with Crippen LogP contribution >= 0.6 is 0 Å². The zero-order valence-electron chi connectivity index (χ0n) is 9.52. The van der Waals surface area contributed by atoms with Crippen molar-refractivity contribution in [1.82, 2.24) is 0 Å². The molecule has 0 amide bonds. The van der Waals surface area contributed by atoms with E-state index >= 15 is 0 Å². The van der Waals surface area contributed by atoms with Crippen LogP contribution < -0.4 is 0 Å². The molecule has 2 atom stereocenters. The first kappa shape index (κ1) is 11.1. The Hall–Kier alpha value is 0. The van der Waals surface area contributed by atoms with Crippen molar-refractivity contribution in [3.8, 4) is 0 Å². The minimum Gasteiger partial charge on any atom is -0.0654 e. The van der Waals surface area contributed by atoms with Gasteiger partial charge in [-0.1, -0.05) is 71.6 Å². The van der Waals surface area contributed by atoms with Gasteiger partial charge in [-0.3, -0.25) is 0 Å². The quantitative estimate of drug-likeness (QED) is 0.537. The summed E-state index contributed by atoms with van der Waals surface area (Å²) in [7, 11) is 0. The molecule has 1 rings (SSSR count). The molecule has 1 aliphatic carbocycles. The average Bonchev–Trinajstić information content (AvgIpc) is 2.19. The van der Waals surface area contributed by atoms with E-state index in [-0.39, 0.29) is 0 Å². The molecule has 1 saturated carbocycles. The third kappa shape index (κ3) is 3.70. The summed E-state index contributed by atoms with van der Waals surface area (Å²) in [6, 6.07) is 0. The molecular formula is C13H26. The van der Waals surface area contributed by atoms with E-state index < -0.39 is 0 Å². The lowest BCUT2D eigenvalue weighted by Crippen LogP contribution is -2.18. The Kier molecular flexibility index (Phi) is 5.50. The summed E-state index contributed by atoms with van der Waals surface area (Å²) in [5.41, 5.74) is 0. The molecule has 0 spiro atoms. The van der Waals surface area contributed by atoms with Crippen LogP contribution in [0.5, 0.6) is 0 Å². The Morgan fingerprint density at radius 1 is 0.923 bits per heavy atom. The van der Waals surface area contributed by atoms with Gasteiger partial charge in [-0.15, -0.1) is 0 Å². The number of hydrogen-bond donors (Lipinski definition) is 0. The van der Waals surface area contributed by atoms with Gasteiger partial charge in [0.05, 0.1) is 0 Å². The predicted octanol–water partition coefficient (Wildman–Crippen LogP) is 4.78. The molecule has 2 unspecified atom stereocenters. The van der Waals surface area contributed by atoms with Crippen LogP contribution in [0.1, 0.15) is 71.6 Å². The van der Waals surface area contributed by atoms with Crippen molar-refractivity contribution >= 4 is 0 Å². The molecule has 0 radical (unpaired) electrons. The molecule has 78 valence electrons. The number of hydrogen-bond acceptors (Lipinski definition) is 0. The molecule has 0 aliphatic heterocycles. The van der Waals surface area contributed by atoms with Gasteiger partial charge in [0.25, 0.3) is 0 Å². The van der Waals surface area contributed by atoms with Crippen LogP contribution in [-0.4, -0.2) is 0 Å². The van der Waals surface area contributed by atoms with Gasteiger partial charge in [0.1, 0.15) is 0 Å². The van der Waals surface area contributed by atoms with Crippen molar-refractivity contribution in [2.75, 3.05) is 0 Å². The van der Waals surface area contributed by atoms with Gasteiger partial charge in [-0.05, 0) is 11.8 Å². The fourth-order valence-electron chi connectivity index (χ4n) is 2.86. The zero-order valence-corrected chi connectivity index (χ0v) is 9.52. The normalized spacial score (nSPS) is 29.1. The molecule has 0 heteroatoms. The van der Waals surface area contributed by atoms with Crippen LogP contribution in [0.3, 0.4) is 0 Å². The average molecular weight is 182 g/mol. The lowest BCUT2D eigenvalue weighted by molar-refractivity contribution is 0.213. The molecule has 0 aromatic carbocycles. The number of unbranched alkanes of at least 4 members (excludes halogenated alkanes) is 2. The third-order valence-corrected chi connectivity index (χ3v) is 3.77. The van der Waals surface area contributed by atoms with Gasteiger partial charge >= 0.3 is 0 Å². The molecule has 1 fully saturated rings. The molecule has 0 saturated heterocycles. The van der Waals surface area contributed by atoms with E-state index in [1.54, 1.807) is 0 Å². The van der Waals surface area contributed by atoms with Crippen molar-refractivity contribution in [3.63, 3.8) is 0 Å². The minimum absolute atomic E-state index is 1.07. The molecule has 0 bridgehead atoms. The maximum Gasteiger partial charge on any atom is -0.0386 e. The molecule has 13 heavy (non-hydrogen) atoms. The lowest BCUT2D eigenvalue weighted by Gasteiger charge is -2.30. The fraction of sp³-hybridized carbons (Fsp3) is 1.00. The second-order valence-corrected chi connectivity index (χ2v) is 4.71. The fourth-order valence-corrected chi connectivity index (χ4v) is 2.86. The van der Waals surface area contributed by atoms with Crippen LogP contribution in [0.25, 0.3) is 0 Å². The summed E-state index contributed by atoms with van der Waals surface area (Å²) < 4.78 is 0. The molecule has 0 N–H and O–H groups in total. The summed E-state index contributed by atoms with van der Waals surface area (Å²) in [6.45, 7) is 4.68. The van der Waals surface area contributed by atoms with Crippen molar-refractivity contribution in [2.45, 2.75) is 71.6 Å². The maximum absolute atomic E-state index is 2.38. The summed E-state index contributed by atoms with van der Waals surface area (Å²) in [4.78, 5) is 0. The van der Waals surface area contributed by atoms with Crippen LogP contribution in [0, 0.1) is 11.8 Å². The minimum atomic E-state index is 1.07. The Bertz CT molecular complexity index is 117. The van der Waals surface area contributed by atoms with Crippen LogP contribution in [-0.2, 0) is 0 Å². The second kappa shape index (κ2) is 6.45. The summed E-state index contributed by atoms with van der Waals surface area (Å²) in [5, 5.41) is 0. The smallest absolute Gasteiger partial charge is 0.0386 e. The lowest BCUT2D eigenvalue weighted by atomic mass is 9.75. The zero-order chi connectivity index (χ0) is 9.52. The van der Waals surface area contributed by atoms with Crippen LogP contribution in [0.2, 0.25) is 0 Å². The molecule has 0 heterocycles. The molecule has 1 aliphatic rings. The van der Waals surface area contributed by atoms with E-state index in [0.29, 0.717) is 0 Å². The summed E-state index contributed by atoms with van der Waals surface area (Å²) in [5.74, 6) is 2.16. The Morgan fingerprint density at radius 2 is 1.62 bits per heavy atom. The molecule has 0 aromatic rings. The van der Waals surface area contributed by atoms with Gasteiger partial charge in [0.15, 0.2) is 0 Å². The molecule has 0 aromatic heterocycles. The highest BCUT2D eigenvalue weighted by Gasteiger charge is 2.22. The van der Waals surface area contributed by atoms with E-state index in [0.717, 1.165) is 11.8 Å². The predicted molar refractivity (Wildman–Crippen MR) is 59.9 cm³/mol. The first-order valence-electron chi connectivity index (χ1n) is 6.38. The summed E-state index contributed by atoms with van der Waals surface area (Å²) in [6.07, 6.45) is 13.3. The van der Waals surface area contributed by atoms with E-state index in [9.17, 15) is 0 Å². The summed E-state index contributed by atoms with van der Waals surface area (Å²) >= 11 is 0. The standard InChI is InChI=1S/C13H26/c1-3-5-6-10-13-11-8-7-9-12(13)4-2/h12-13H,3-11H2,1-2H3. The Balaban J connectivity index is 2.19. The Morgan fingerprint density at radius 3 is 2.23 bits per heavy atom. The van der Waals surface area contributed by atoms with E-state index in [4.69, 9.17) is 0 Å². The second-order valence-electron chi connectivity index (χ2n) is 4.71. The van der Waals surface area contributed by atoms with Crippen molar-refractivity contribution in [1.29, 1.82) is 0 Å². The first-order valence-corrected chi connectivity index (χ1v) is 6.38. The van der Waals surface area contributed by atoms with Gasteiger partial charge in [0, 0.05) is 0 Å². The van der Waals surface area contributed by atoms with E-state index in [1.165, 1.54) is 57.8 Å². The van der Waals surface area contributed by atoms with Gasteiger partial charge in [0.2, 0.25) is 0 Å². The van der Waals surface area contributed by atoms with Crippen LogP contribution in [0.4, 0.5) is 0 Å². The monoisotopic (exact) mass is 182 g/mol. The highest BCUT2D eigenvalue weighted by atomic mass is 14.3. The maximum atomic E-state index is 2.38. The van der Waals surface area contributed by atoms with Gasteiger partial charge in [-0.2, -0.15) is 0 Å². The van der Waals surface area contributed by atoms with Gasteiger partial charge in [-0.25, -0.2) is 0 Å². The number of rotatable bonds is 5. The highest BCUT2D eigenvalue weighted by molar-refractivity contribution is 4.74. The van der Waals surface area contributed by atoms with Crippen LogP contribution in [0.15, 0.2) is 0 Å². The van der Waals surface area contributed by atoms with Crippen molar-refractivity contribution in [3.05, 3.63) is 0 Å². The molecule has 0 nitrogen and oxygen atoms in total. The topological polar surface area (TPSA) is 0 Å². The Labute approximate surface area is 84.1 Å². The van der Waals surface area contributed by atoms with Crippen molar-refractivity contribution < 1.29 is 0 Å². The largest absolute Gasteiger partial charge is 0.0654 e. The van der Waals surface area contributed by atoms with Crippen molar-refractivity contribution in [2.24, 2.45) is 11.8 Å². The molecular weight excluding hydrogens is 156 g/mol.